The molecule has 0 saturated heterocycles. The molecule has 1 amide bonds. The molecule has 2 aromatic heterocycles. The highest BCUT2D eigenvalue weighted by Crippen LogP contribution is 2.11. The Kier molecular flexibility index (Phi) is 3.92. The van der Waals surface area contributed by atoms with Crippen molar-refractivity contribution in [1.82, 2.24) is 24.8 Å². The summed E-state index contributed by atoms with van der Waals surface area (Å²) in [5.74, 6) is -0.205. The summed E-state index contributed by atoms with van der Waals surface area (Å²) < 4.78 is 3.58. The van der Waals surface area contributed by atoms with E-state index < -0.39 is 0 Å². The van der Waals surface area contributed by atoms with E-state index in [1.54, 1.807) is 21.8 Å². The molecule has 0 aliphatic carbocycles. The van der Waals surface area contributed by atoms with Gasteiger partial charge in [0.2, 0.25) is 0 Å². The van der Waals surface area contributed by atoms with E-state index in [9.17, 15) is 4.79 Å². The summed E-state index contributed by atoms with van der Waals surface area (Å²) in [6, 6.07) is 7.68. The summed E-state index contributed by atoms with van der Waals surface area (Å²) in [6.07, 6.45) is 3.28. The summed E-state index contributed by atoms with van der Waals surface area (Å²) in [5, 5.41) is 8.33. The van der Waals surface area contributed by atoms with Crippen LogP contribution in [-0.2, 0) is 18.4 Å². The van der Waals surface area contributed by atoms with Gasteiger partial charge in [-0.2, -0.15) is 10.2 Å². The van der Waals surface area contributed by atoms with Crippen molar-refractivity contribution < 1.29 is 4.79 Å². The average molecular weight is 310 g/mol. The van der Waals surface area contributed by atoms with Crippen molar-refractivity contribution in [3.05, 3.63) is 47.5 Å². The van der Waals surface area contributed by atoms with E-state index in [1.807, 2.05) is 45.2 Å². The monoisotopic (exact) mass is 310 g/mol. The highest BCUT2D eigenvalue weighted by molar-refractivity contribution is 5.85. The molecular formula is C16H18N6O. The number of carbonyl (C=O) groups is 1. The predicted molar refractivity (Wildman–Crippen MR) is 88.2 cm³/mol. The van der Waals surface area contributed by atoms with Gasteiger partial charge in [-0.25, -0.2) is 10.4 Å². The molecule has 3 aromatic rings. The second-order valence-corrected chi connectivity index (χ2v) is 5.36. The number of carbonyl (C=O) groups excluding carboxylic acids is 1. The molecule has 0 spiro atoms. The Morgan fingerprint density at radius 2 is 2.13 bits per heavy atom. The molecule has 0 saturated carbocycles. The molecule has 3 rings (SSSR count). The first kappa shape index (κ1) is 15.0. The largest absolute Gasteiger partial charge is 0.321 e. The minimum Gasteiger partial charge on any atom is -0.321 e. The summed E-state index contributed by atoms with van der Waals surface area (Å²) in [7, 11) is 1.88. The number of hydrogen-bond donors (Lipinski definition) is 1. The number of aromatic nitrogens is 4. The lowest BCUT2D eigenvalue weighted by Gasteiger charge is -2.02. The van der Waals surface area contributed by atoms with Crippen LogP contribution in [0, 0.1) is 13.8 Å². The maximum absolute atomic E-state index is 12.0. The fourth-order valence-corrected chi connectivity index (χ4v) is 2.47. The van der Waals surface area contributed by atoms with E-state index in [-0.39, 0.29) is 12.5 Å². The van der Waals surface area contributed by atoms with E-state index in [1.165, 1.54) is 0 Å². The van der Waals surface area contributed by atoms with Crippen LogP contribution in [0.2, 0.25) is 0 Å². The maximum Gasteiger partial charge on any atom is 0.260 e. The molecule has 0 fully saturated rings. The molecular weight excluding hydrogens is 292 g/mol. The molecule has 0 atom stereocenters. The topological polar surface area (TPSA) is 77.1 Å². The van der Waals surface area contributed by atoms with Crippen LogP contribution in [0.1, 0.15) is 17.0 Å². The lowest BCUT2D eigenvalue weighted by Crippen LogP contribution is -2.22. The van der Waals surface area contributed by atoms with Gasteiger partial charge in [0.05, 0.1) is 29.3 Å². The van der Waals surface area contributed by atoms with Gasteiger partial charge in [0.25, 0.3) is 5.91 Å². The zero-order chi connectivity index (χ0) is 16.4. The lowest BCUT2D eigenvalue weighted by molar-refractivity contribution is -0.121. The Hall–Kier alpha value is -2.96. The van der Waals surface area contributed by atoms with Crippen LogP contribution >= 0.6 is 0 Å². The quantitative estimate of drug-likeness (QED) is 0.586. The van der Waals surface area contributed by atoms with Gasteiger partial charge >= 0.3 is 0 Å². The van der Waals surface area contributed by atoms with Crippen LogP contribution in [0.4, 0.5) is 0 Å². The van der Waals surface area contributed by atoms with Gasteiger partial charge in [0, 0.05) is 18.3 Å². The molecule has 0 radical (unpaired) electrons. The van der Waals surface area contributed by atoms with E-state index >= 15 is 0 Å². The fraction of sp³-hybridized carbons (Fsp3) is 0.250. The maximum atomic E-state index is 12.0. The predicted octanol–water partition coefficient (Wildman–Crippen LogP) is 1.54. The van der Waals surface area contributed by atoms with Crippen LogP contribution in [0.15, 0.2) is 35.7 Å². The van der Waals surface area contributed by atoms with Crippen molar-refractivity contribution in [2.45, 2.75) is 20.4 Å². The lowest BCUT2D eigenvalue weighted by atomic mass is 10.2. The molecule has 0 aliphatic rings. The van der Waals surface area contributed by atoms with Gasteiger partial charge in [0.15, 0.2) is 0 Å². The second-order valence-electron chi connectivity index (χ2n) is 5.36. The Labute approximate surface area is 133 Å². The molecule has 23 heavy (non-hydrogen) atoms. The molecule has 0 aliphatic heterocycles. The zero-order valence-corrected chi connectivity index (χ0v) is 13.3. The smallest absolute Gasteiger partial charge is 0.260 e. The number of hydrazone groups is 1. The number of fused-ring (bicyclic) bond motifs is 1. The van der Waals surface area contributed by atoms with Gasteiger partial charge < -0.3 is 4.57 Å². The number of hydrogen-bond acceptors (Lipinski definition) is 4. The summed E-state index contributed by atoms with van der Waals surface area (Å²) >= 11 is 0. The van der Waals surface area contributed by atoms with E-state index in [0.717, 1.165) is 28.0 Å². The molecule has 7 heteroatoms. The van der Waals surface area contributed by atoms with Crippen LogP contribution in [0.3, 0.4) is 0 Å². The standard InChI is InChI=1S/C16H18N6O/c1-11-13(12(2)21(3)20-11)8-18-19-16(23)9-22-10-17-14-6-4-5-7-15(14)22/h4-8,10H,9H2,1-3H3,(H,19,23)/b18-8-. The minimum atomic E-state index is -0.205. The minimum absolute atomic E-state index is 0.170. The number of benzene rings is 1. The number of nitrogens with zero attached hydrogens (tertiary/aromatic N) is 5. The number of para-hydroxylation sites is 2. The van der Waals surface area contributed by atoms with E-state index in [4.69, 9.17) is 0 Å². The van der Waals surface area contributed by atoms with Crippen molar-refractivity contribution in [2.75, 3.05) is 0 Å². The van der Waals surface area contributed by atoms with Crippen LogP contribution in [0.25, 0.3) is 11.0 Å². The van der Waals surface area contributed by atoms with Crippen LogP contribution in [0.5, 0.6) is 0 Å². The van der Waals surface area contributed by atoms with Crippen molar-refractivity contribution in [2.24, 2.45) is 12.1 Å². The number of amides is 1. The first-order valence-corrected chi connectivity index (χ1v) is 7.28. The highest BCUT2D eigenvalue weighted by Gasteiger charge is 2.08. The van der Waals surface area contributed by atoms with Crippen molar-refractivity contribution in [1.29, 1.82) is 0 Å². The van der Waals surface area contributed by atoms with E-state index in [0.29, 0.717) is 0 Å². The molecule has 7 nitrogen and oxygen atoms in total. The van der Waals surface area contributed by atoms with Gasteiger partial charge in [-0.15, -0.1) is 0 Å². The summed E-state index contributed by atoms with van der Waals surface area (Å²) in [6.45, 7) is 4.04. The number of aryl methyl sites for hydroxylation is 2. The zero-order valence-electron chi connectivity index (χ0n) is 13.3. The number of rotatable bonds is 4. The molecule has 2 heterocycles. The second kappa shape index (κ2) is 6.04. The Bertz CT molecular complexity index is 889. The Morgan fingerprint density at radius 1 is 1.35 bits per heavy atom. The van der Waals surface area contributed by atoms with E-state index in [2.05, 4.69) is 20.6 Å². The SMILES string of the molecule is Cc1nn(C)c(C)c1/C=N\NC(=O)Cn1cnc2ccccc21. The third kappa shape index (κ3) is 2.98. The summed E-state index contributed by atoms with van der Waals surface area (Å²) in [5.41, 5.74) is 7.13. The molecule has 1 aromatic carbocycles. The first-order chi connectivity index (χ1) is 11.1. The van der Waals surface area contributed by atoms with Gasteiger partial charge in [-0.3, -0.25) is 9.48 Å². The highest BCUT2D eigenvalue weighted by atomic mass is 16.2. The molecule has 0 bridgehead atoms. The third-order valence-corrected chi connectivity index (χ3v) is 3.79. The average Bonchev–Trinajstić information content (AvgIpc) is 3.03. The van der Waals surface area contributed by atoms with Crippen LogP contribution in [-0.4, -0.2) is 31.5 Å². The summed E-state index contributed by atoms with van der Waals surface area (Å²) in [4.78, 5) is 16.3. The molecule has 1 N–H and O–H groups in total. The first-order valence-electron chi connectivity index (χ1n) is 7.28. The third-order valence-electron chi connectivity index (χ3n) is 3.79. The number of imidazole rings is 1. The molecule has 0 unspecified atom stereocenters. The normalized spacial score (nSPS) is 11.4. The van der Waals surface area contributed by atoms with Crippen molar-refractivity contribution in [3.8, 4) is 0 Å². The van der Waals surface area contributed by atoms with Crippen molar-refractivity contribution in [3.63, 3.8) is 0 Å². The van der Waals surface area contributed by atoms with Crippen LogP contribution < -0.4 is 5.43 Å². The van der Waals surface area contributed by atoms with Gasteiger partial charge in [-0.05, 0) is 26.0 Å². The Morgan fingerprint density at radius 3 is 2.87 bits per heavy atom. The van der Waals surface area contributed by atoms with Gasteiger partial charge in [0.1, 0.15) is 6.54 Å². The Balaban J connectivity index is 1.67. The van der Waals surface area contributed by atoms with Crippen molar-refractivity contribution >= 4 is 23.2 Å². The fourth-order valence-electron chi connectivity index (χ4n) is 2.47. The van der Waals surface area contributed by atoms with Gasteiger partial charge in [-0.1, -0.05) is 12.1 Å². The number of nitrogens with one attached hydrogen (secondary N) is 1. The molecule has 118 valence electrons.